The van der Waals surface area contributed by atoms with E-state index in [2.05, 4.69) is 10.3 Å². The zero-order valence-electron chi connectivity index (χ0n) is 16.6. The van der Waals surface area contributed by atoms with Gasteiger partial charge in [0.2, 0.25) is 0 Å². The molecule has 2 aromatic carbocycles. The normalized spacial score (nSPS) is 11.0. The number of fused-ring (bicyclic) bond motifs is 2. The van der Waals surface area contributed by atoms with Crippen LogP contribution in [0.3, 0.4) is 0 Å². The van der Waals surface area contributed by atoms with Gasteiger partial charge in [0.25, 0.3) is 11.5 Å². The van der Waals surface area contributed by atoms with Gasteiger partial charge in [-0.3, -0.25) is 14.2 Å². The Balaban J connectivity index is 1.71. The van der Waals surface area contributed by atoms with Crippen LogP contribution in [0.2, 0.25) is 0 Å². The first-order chi connectivity index (χ1) is 15.6. The third kappa shape index (κ3) is 3.19. The highest BCUT2D eigenvalue weighted by atomic mass is 32.1. The van der Waals surface area contributed by atoms with Crippen molar-refractivity contribution in [3.05, 3.63) is 82.1 Å². The summed E-state index contributed by atoms with van der Waals surface area (Å²) in [6, 6.07) is 21.1. The van der Waals surface area contributed by atoms with Gasteiger partial charge in [0.15, 0.2) is 5.82 Å². The second kappa shape index (κ2) is 7.68. The van der Waals surface area contributed by atoms with Gasteiger partial charge in [-0.25, -0.2) is 4.98 Å². The SMILES string of the molecule is N#CCNC(=O)c1cc2c(nc(N)c(=O)n2-c2ccc3ccn(-c4ccccc4)c3c2)s1. The molecule has 0 radical (unpaired) electrons. The Hall–Kier alpha value is -4.42. The van der Waals surface area contributed by atoms with Crippen molar-refractivity contribution in [3.8, 4) is 17.4 Å². The van der Waals surface area contributed by atoms with Crippen LogP contribution in [-0.4, -0.2) is 26.6 Å². The van der Waals surface area contributed by atoms with Crippen LogP contribution < -0.4 is 16.6 Å². The van der Waals surface area contributed by atoms with Crippen molar-refractivity contribution in [1.82, 2.24) is 19.4 Å². The lowest BCUT2D eigenvalue weighted by molar-refractivity contribution is 0.0962. The lowest BCUT2D eigenvalue weighted by Gasteiger charge is -2.10. The van der Waals surface area contributed by atoms with Crippen molar-refractivity contribution in [2.75, 3.05) is 12.3 Å². The number of nitriles is 1. The Kier molecular flexibility index (Phi) is 4.69. The number of nitrogen functional groups attached to an aromatic ring is 1. The summed E-state index contributed by atoms with van der Waals surface area (Å²) in [6.45, 7) is -0.109. The van der Waals surface area contributed by atoms with E-state index in [4.69, 9.17) is 11.0 Å². The number of hydrogen-bond donors (Lipinski definition) is 2. The summed E-state index contributed by atoms with van der Waals surface area (Å²) in [5.74, 6) is -0.553. The number of anilines is 1. The second-order valence-electron chi connectivity index (χ2n) is 7.04. The fourth-order valence-corrected chi connectivity index (χ4v) is 4.58. The quantitative estimate of drug-likeness (QED) is 0.416. The molecule has 1 amide bonds. The van der Waals surface area contributed by atoms with Gasteiger partial charge in [0, 0.05) is 17.3 Å². The number of nitrogens with two attached hydrogens (primary N) is 1. The molecule has 0 bridgehead atoms. The molecule has 0 saturated carbocycles. The molecule has 0 aliphatic heterocycles. The van der Waals surface area contributed by atoms with Crippen molar-refractivity contribution in [2.45, 2.75) is 0 Å². The van der Waals surface area contributed by atoms with Crippen molar-refractivity contribution in [3.63, 3.8) is 0 Å². The van der Waals surface area contributed by atoms with Gasteiger partial charge < -0.3 is 15.6 Å². The Bertz CT molecular complexity index is 1590. The molecule has 8 nitrogen and oxygen atoms in total. The van der Waals surface area contributed by atoms with Gasteiger partial charge >= 0.3 is 0 Å². The number of carbonyl (C=O) groups excluding carboxylic acids is 1. The molecule has 9 heteroatoms. The maximum atomic E-state index is 13.0. The number of hydrogen-bond acceptors (Lipinski definition) is 6. The van der Waals surface area contributed by atoms with Crippen LogP contribution in [-0.2, 0) is 0 Å². The number of rotatable bonds is 4. The Morgan fingerprint density at radius 2 is 1.91 bits per heavy atom. The lowest BCUT2D eigenvalue weighted by atomic mass is 10.2. The number of amides is 1. The maximum Gasteiger partial charge on any atom is 0.298 e. The van der Waals surface area contributed by atoms with Crippen molar-refractivity contribution in [1.29, 1.82) is 5.26 Å². The summed E-state index contributed by atoms with van der Waals surface area (Å²) in [5.41, 5.74) is 8.47. The van der Waals surface area contributed by atoms with Gasteiger partial charge in [-0.1, -0.05) is 24.3 Å². The van der Waals surface area contributed by atoms with Crippen LogP contribution in [0.4, 0.5) is 5.82 Å². The average Bonchev–Trinajstić information content (AvgIpc) is 3.42. The van der Waals surface area contributed by atoms with Crippen LogP contribution in [0.5, 0.6) is 0 Å². The third-order valence-electron chi connectivity index (χ3n) is 5.10. The van der Waals surface area contributed by atoms with Gasteiger partial charge in [0.05, 0.1) is 27.7 Å². The summed E-state index contributed by atoms with van der Waals surface area (Å²) < 4.78 is 3.51. The number of nitrogens with zero attached hydrogens (tertiary/aromatic N) is 4. The van der Waals surface area contributed by atoms with Crippen molar-refractivity contribution >= 4 is 44.3 Å². The zero-order valence-corrected chi connectivity index (χ0v) is 17.5. The molecule has 3 heterocycles. The van der Waals surface area contributed by atoms with Crippen molar-refractivity contribution in [2.24, 2.45) is 0 Å². The molecule has 0 aliphatic rings. The highest BCUT2D eigenvalue weighted by molar-refractivity contribution is 7.20. The molecule has 0 saturated heterocycles. The van der Waals surface area contributed by atoms with E-state index in [0.717, 1.165) is 27.9 Å². The summed E-state index contributed by atoms with van der Waals surface area (Å²) in [5, 5.41) is 12.2. The molecular formula is C23H16N6O2S. The van der Waals surface area contributed by atoms with E-state index in [1.807, 2.05) is 71.4 Å². The minimum Gasteiger partial charge on any atom is -0.379 e. The minimum absolute atomic E-state index is 0.109. The molecule has 0 spiro atoms. The van der Waals surface area contributed by atoms with Gasteiger partial charge in [0.1, 0.15) is 11.4 Å². The fourth-order valence-electron chi connectivity index (χ4n) is 3.64. The fraction of sp³-hybridized carbons (Fsp3) is 0.0435. The molecule has 3 N–H and O–H groups in total. The van der Waals surface area contributed by atoms with Crippen LogP contribution in [0, 0.1) is 11.3 Å². The molecule has 5 rings (SSSR count). The average molecular weight is 440 g/mol. The van der Waals surface area contributed by atoms with E-state index >= 15 is 0 Å². The Morgan fingerprint density at radius 1 is 1.09 bits per heavy atom. The molecule has 5 aromatic rings. The van der Waals surface area contributed by atoms with Gasteiger partial charge in [-0.15, -0.1) is 11.3 Å². The van der Waals surface area contributed by atoms with E-state index in [0.29, 0.717) is 20.9 Å². The first-order valence-corrected chi connectivity index (χ1v) is 10.5. The van der Waals surface area contributed by atoms with Gasteiger partial charge in [-0.05, 0) is 36.4 Å². The lowest BCUT2D eigenvalue weighted by Crippen LogP contribution is -2.23. The summed E-state index contributed by atoms with van der Waals surface area (Å²) >= 11 is 1.12. The van der Waals surface area contributed by atoms with E-state index in [-0.39, 0.29) is 12.4 Å². The number of thiophene rings is 1. The monoisotopic (exact) mass is 440 g/mol. The predicted molar refractivity (Wildman–Crippen MR) is 124 cm³/mol. The number of para-hydroxylation sites is 1. The van der Waals surface area contributed by atoms with Crippen LogP contribution in [0.25, 0.3) is 32.6 Å². The number of carbonyl (C=O) groups is 1. The van der Waals surface area contributed by atoms with E-state index in [1.165, 1.54) is 4.57 Å². The van der Waals surface area contributed by atoms with E-state index in [1.54, 1.807) is 6.07 Å². The Labute approximate surface area is 185 Å². The first kappa shape index (κ1) is 19.5. The topological polar surface area (TPSA) is 119 Å². The highest BCUT2D eigenvalue weighted by Gasteiger charge is 2.18. The largest absolute Gasteiger partial charge is 0.379 e. The van der Waals surface area contributed by atoms with E-state index < -0.39 is 11.5 Å². The molecule has 0 unspecified atom stereocenters. The molecule has 0 aliphatic carbocycles. The molecular weight excluding hydrogens is 424 g/mol. The van der Waals surface area contributed by atoms with Gasteiger partial charge in [-0.2, -0.15) is 5.26 Å². The number of aromatic nitrogens is 3. The molecule has 0 atom stereocenters. The second-order valence-corrected chi connectivity index (χ2v) is 8.07. The third-order valence-corrected chi connectivity index (χ3v) is 6.12. The number of benzene rings is 2. The molecule has 32 heavy (non-hydrogen) atoms. The Morgan fingerprint density at radius 3 is 2.69 bits per heavy atom. The predicted octanol–water partition coefficient (Wildman–Crippen LogP) is 3.23. The molecule has 3 aromatic heterocycles. The zero-order chi connectivity index (χ0) is 22.2. The van der Waals surface area contributed by atoms with Crippen LogP contribution in [0.1, 0.15) is 9.67 Å². The first-order valence-electron chi connectivity index (χ1n) is 9.71. The maximum absolute atomic E-state index is 13.0. The summed E-state index contributed by atoms with van der Waals surface area (Å²) in [7, 11) is 0. The summed E-state index contributed by atoms with van der Waals surface area (Å²) in [6.07, 6.45) is 1.98. The highest BCUT2D eigenvalue weighted by Crippen LogP contribution is 2.28. The summed E-state index contributed by atoms with van der Waals surface area (Å²) in [4.78, 5) is 30.3. The van der Waals surface area contributed by atoms with E-state index in [9.17, 15) is 9.59 Å². The number of nitrogens with one attached hydrogen (secondary N) is 1. The van der Waals surface area contributed by atoms with Crippen molar-refractivity contribution < 1.29 is 4.79 Å². The minimum atomic E-state index is -0.462. The smallest absolute Gasteiger partial charge is 0.298 e. The van der Waals surface area contributed by atoms with Crippen LogP contribution >= 0.6 is 11.3 Å². The van der Waals surface area contributed by atoms with Crippen LogP contribution in [0.15, 0.2) is 71.7 Å². The standard InChI is InChI=1S/C23H16N6O2S/c24-9-10-26-21(30)19-13-18-22(32-19)27-20(25)23(31)29(18)16-7-6-14-8-11-28(17(14)12-16)15-4-2-1-3-5-15/h1-8,11-13H,10H2,(H2,25,27)(H,26,30). The molecule has 0 fully saturated rings. The molecule has 156 valence electrons.